The maximum Gasteiger partial charge on any atom is 0.304 e. The lowest BCUT2D eigenvalue weighted by atomic mass is 10.0. The monoisotopic (exact) mass is 313 g/mol. The van der Waals surface area contributed by atoms with E-state index in [9.17, 15) is 9.18 Å². The molecular weight excluding hydrogens is 293 g/mol. The molecule has 1 aliphatic rings. The smallest absolute Gasteiger partial charge is 0.304 e. The summed E-state index contributed by atoms with van der Waals surface area (Å²) < 4.78 is 18.8. The predicted octanol–water partition coefficient (Wildman–Crippen LogP) is 2.79. The van der Waals surface area contributed by atoms with Crippen LogP contribution in [-0.2, 0) is 4.79 Å². The molecule has 1 aromatic rings. The van der Waals surface area contributed by atoms with Gasteiger partial charge in [0, 0.05) is 30.1 Å². The van der Waals surface area contributed by atoms with Gasteiger partial charge in [-0.3, -0.25) is 9.69 Å². The summed E-state index contributed by atoms with van der Waals surface area (Å²) in [4.78, 5) is 13.2. The minimum absolute atomic E-state index is 0.0126. The number of benzene rings is 1. The Morgan fingerprint density at radius 1 is 1.62 bits per heavy atom. The molecular formula is C15H20FNO3S. The molecule has 116 valence electrons. The fraction of sp³-hybridized carbons (Fsp3) is 0.533. The average molecular weight is 313 g/mol. The van der Waals surface area contributed by atoms with E-state index in [1.54, 1.807) is 17.8 Å². The molecule has 1 fully saturated rings. The molecule has 0 spiro atoms. The highest BCUT2D eigenvalue weighted by molar-refractivity contribution is 7.99. The van der Waals surface area contributed by atoms with Crippen molar-refractivity contribution in [2.24, 2.45) is 0 Å². The van der Waals surface area contributed by atoms with Crippen molar-refractivity contribution in [3.8, 4) is 5.75 Å². The van der Waals surface area contributed by atoms with Crippen molar-refractivity contribution in [2.75, 3.05) is 25.2 Å². The van der Waals surface area contributed by atoms with E-state index >= 15 is 0 Å². The second-order valence-electron chi connectivity index (χ2n) is 5.13. The van der Waals surface area contributed by atoms with Crippen LogP contribution in [0.1, 0.15) is 24.9 Å². The predicted molar refractivity (Wildman–Crippen MR) is 81.4 cm³/mol. The van der Waals surface area contributed by atoms with E-state index in [1.807, 2.05) is 13.0 Å². The molecule has 0 bridgehead atoms. The third-order valence-corrected chi connectivity index (χ3v) is 4.93. The van der Waals surface area contributed by atoms with Crippen molar-refractivity contribution in [3.63, 3.8) is 0 Å². The third-order valence-electron chi connectivity index (χ3n) is 3.84. The Kier molecular flexibility index (Phi) is 5.47. The zero-order chi connectivity index (χ0) is 15.4. The maximum absolute atomic E-state index is 13.8. The second-order valence-corrected chi connectivity index (χ2v) is 6.28. The van der Waals surface area contributed by atoms with E-state index in [0.29, 0.717) is 0 Å². The molecule has 1 N–H and O–H groups in total. The minimum atomic E-state index is -0.791. The van der Waals surface area contributed by atoms with Crippen LogP contribution in [-0.4, -0.2) is 47.2 Å². The van der Waals surface area contributed by atoms with Crippen LogP contribution >= 0.6 is 11.8 Å². The van der Waals surface area contributed by atoms with Gasteiger partial charge in [0.05, 0.1) is 13.5 Å². The Bertz CT molecular complexity index is 512. The second kappa shape index (κ2) is 7.13. The molecule has 6 heteroatoms. The summed E-state index contributed by atoms with van der Waals surface area (Å²) in [6, 6.07) is 4.90. The molecule has 1 aromatic carbocycles. The SMILES string of the molecule is COc1ccc(C(C)N2CCSCC2CC(=O)O)cc1F. The minimum Gasteiger partial charge on any atom is -0.494 e. The zero-order valence-corrected chi connectivity index (χ0v) is 13.0. The number of hydrogen-bond acceptors (Lipinski definition) is 4. The fourth-order valence-corrected chi connectivity index (χ4v) is 3.78. The van der Waals surface area contributed by atoms with E-state index in [2.05, 4.69) is 4.90 Å². The summed E-state index contributed by atoms with van der Waals surface area (Å²) in [7, 11) is 1.44. The normalized spacial score (nSPS) is 21.0. The Hall–Kier alpha value is -1.27. The fourth-order valence-electron chi connectivity index (χ4n) is 2.69. The van der Waals surface area contributed by atoms with Gasteiger partial charge in [0.2, 0.25) is 0 Å². The summed E-state index contributed by atoms with van der Waals surface area (Å²) in [6.07, 6.45) is 0.121. The van der Waals surface area contributed by atoms with Gasteiger partial charge in [-0.25, -0.2) is 4.39 Å². The highest BCUT2D eigenvalue weighted by Crippen LogP contribution is 2.31. The summed E-state index contributed by atoms with van der Waals surface area (Å²) in [5.74, 6) is 0.819. The Balaban J connectivity index is 2.17. The Labute approximate surface area is 128 Å². The van der Waals surface area contributed by atoms with Crippen LogP contribution in [0.5, 0.6) is 5.75 Å². The number of carboxylic acids is 1. The number of nitrogens with zero attached hydrogens (tertiary/aromatic N) is 1. The summed E-state index contributed by atoms with van der Waals surface area (Å²) >= 11 is 1.77. The van der Waals surface area contributed by atoms with Gasteiger partial charge in [0.25, 0.3) is 0 Å². The molecule has 1 aliphatic heterocycles. The number of methoxy groups -OCH3 is 1. The van der Waals surface area contributed by atoms with Gasteiger partial charge in [-0.05, 0) is 24.6 Å². The van der Waals surface area contributed by atoms with E-state index in [4.69, 9.17) is 9.84 Å². The number of thioether (sulfide) groups is 1. The molecule has 1 heterocycles. The number of rotatable bonds is 5. The molecule has 0 aliphatic carbocycles. The number of aliphatic carboxylic acids is 1. The lowest BCUT2D eigenvalue weighted by molar-refractivity contribution is -0.138. The summed E-state index contributed by atoms with van der Waals surface area (Å²) in [5.41, 5.74) is 0.843. The summed E-state index contributed by atoms with van der Waals surface area (Å²) in [6.45, 7) is 2.81. The standard InChI is InChI=1S/C15H20FNO3S/c1-10(11-3-4-14(20-2)13(16)7-11)17-5-6-21-9-12(17)8-15(18)19/h3-4,7,10,12H,5-6,8-9H2,1-2H3,(H,18,19). The number of carbonyl (C=O) groups is 1. The van der Waals surface area contributed by atoms with Gasteiger partial charge in [-0.1, -0.05) is 6.07 Å². The van der Waals surface area contributed by atoms with E-state index in [1.165, 1.54) is 13.2 Å². The van der Waals surface area contributed by atoms with Crippen molar-refractivity contribution < 1.29 is 19.0 Å². The third kappa shape index (κ3) is 3.89. The number of hydrogen-bond donors (Lipinski definition) is 1. The quantitative estimate of drug-likeness (QED) is 0.906. The molecule has 0 amide bonds. The van der Waals surface area contributed by atoms with Crippen molar-refractivity contribution in [3.05, 3.63) is 29.6 Å². The topological polar surface area (TPSA) is 49.8 Å². The maximum atomic E-state index is 13.8. The lowest BCUT2D eigenvalue weighted by Gasteiger charge is -2.39. The Morgan fingerprint density at radius 2 is 2.38 bits per heavy atom. The zero-order valence-electron chi connectivity index (χ0n) is 12.2. The molecule has 0 radical (unpaired) electrons. The van der Waals surface area contributed by atoms with Crippen LogP contribution < -0.4 is 4.74 Å². The van der Waals surface area contributed by atoms with Crippen molar-refractivity contribution >= 4 is 17.7 Å². The van der Waals surface area contributed by atoms with Gasteiger partial charge in [-0.15, -0.1) is 0 Å². The molecule has 2 rings (SSSR count). The van der Waals surface area contributed by atoms with Crippen molar-refractivity contribution in [1.29, 1.82) is 0 Å². The Morgan fingerprint density at radius 3 is 3.00 bits per heavy atom. The van der Waals surface area contributed by atoms with E-state index < -0.39 is 5.97 Å². The number of carboxylic acid groups (broad SMARTS) is 1. The van der Waals surface area contributed by atoms with Crippen molar-refractivity contribution in [2.45, 2.75) is 25.4 Å². The first-order valence-corrected chi connectivity index (χ1v) is 8.07. The molecule has 1 saturated heterocycles. The van der Waals surface area contributed by atoms with Crippen molar-refractivity contribution in [1.82, 2.24) is 4.90 Å². The van der Waals surface area contributed by atoms with Crippen LogP contribution in [0, 0.1) is 5.82 Å². The van der Waals surface area contributed by atoms with Gasteiger partial charge < -0.3 is 9.84 Å². The van der Waals surface area contributed by atoms with Crippen LogP contribution in [0.2, 0.25) is 0 Å². The first-order chi connectivity index (χ1) is 10.0. The molecule has 0 aromatic heterocycles. The first kappa shape index (κ1) is 16.1. The highest BCUT2D eigenvalue weighted by Gasteiger charge is 2.29. The van der Waals surface area contributed by atoms with Crippen LogP contribution in [0.4, 0.5) is 4.39 Å². The average Bonchev–Trinajstić information content (AvgIpc) is 2.46. The lowest BCUT2D eigenvalue weighted by Crippen LogP contribution is -2.44. The molecule has 2 unspecified atom stereocenters. The highest BCUT2D eigenvalue weighted by atomic mass is 32.2. The molecule has 2 atom stereocenters. The van der Waals surface area contributed by atoms with Gasteiger partial charge in [0.1, 0.15) is 0 Å². The van der Waals surface area contributed by atoms with E-state index in [-0.39, 0.29) is 30.1 Å². The van der Waals surface area contributed by atoms with E-state index in [0.717, 1.165) is 23.6 Å². The number of halogens is 1. The van der Waals surface area contributed by atoms with Gasteiger partial charge >= 0.3 is 5.97 Å². The van der Waals surface area contributed by atoms with Crippen LogP contribution in [0.25, 0.3) is 0 Å². The van der Waals surface area contributed by atoms with Gasteiger partial charge in [0.15, 0.2) is 11.6 Å². The summed E-state index contributed by atoms with van der Waals surface area (Å²) in [5, 5.41) is 9.04. The van der Waals surface area contributed by atoms with Crippen LogP contribution in [0.15, 0.2) is 18.2 Å². The number of ether oxygens (including phenoxy) is 1. The molecule has 4 nitrogen and oxygen atoms in total. The van der Waals surface area contributed by atoms with Crippen LogP contribution in [0.3, 0.4) is 0 Å². The largest absolute Gasteiger partial charge is 0.494 e. The molecule has 0 saturated carbocycles. The first-order valence-electron chi connectivity index (χ1n) is 6.91. The van der Waals surface area contributed by atoms with Gasteiger partial charge in [-0.2, -0.15) is 11.8 Å². The molecule has 21 heavy (non-hydrogen) atoms.